The number of nitrogens with zero attached hydrogens (tertiary/aromatic N) is 1. The van der Waals surface area contributed by atoms with Crippen LogP contribution in [0.2, 0.25) is 0 Å². The van der Waals surface area contributed by atoms with Gasteiger partial charge in [0.05, 0.1) is 6.20 Å². The molecule has 0 aliphatic carbocycles. The van der Waals surface area contributed by atoms with E-state index in [1.54, 1.807) is 12.3 Å². The van der Waals surface area contributed by atoms with E-state index in [-0.39, 0.29) is 11.3 Å². The summed E-state index contributed by atoms with van der Waals surface area (Å²) in [5.41, 5.74) is -0.136. The first-order valence-electron chi connectivity index (χ1n) is 4.51. The van der Waals surface area contributed by atoms with Crippen molar-refractivity contribution in [2.45, 2.75) is 13.8 Å². The van der Waals surface area contributed by atoms with Crippen molar-refractivity contribution in [3.8, 4) is 0 Å². The molecule has 78 valence electrons. The normalized spacial score (nSPS) is 9.20. The molecule has 2 rings (SSSR count). The number of H-pyrrole nitrogens is 1. The third kappa shape index (κ3) is 3.34. The van der Waals surface area contributed by atoms with Crippen molar-refractivity contribution in [3.05, 3.63) is 40.8 Å². The number of hydrogen-bond acceptors (Lipinski definition) is 3. The second kappa shape index (κ2) is 5.05. The maximum Gasteiger partial charge on any atom is 0.272 e. The van der Waals surface area contributed by atoms with Gasteiger partial charge in [0, 0.05) is 10.8 Å². The number of ketones is 1. The summed E-state index contributed by atoms with van der Waals surface area (Å²) in [7, 11) is 0. The molecule has 4 heteroatoms. The standard InChI is InChI=1S/C8H6N2O.C3H6O/c11-8-7-4-2-1-3-6(7)5-9-10-8;1-3(2)4/h1-5H,(H,10,11);1-2H3. The van der Waals surface area contributed by atoms with Crippen LogP contribution in [0.5, 0.6) is 0 Å². The molecule has 4 nitrogen and oxygen atoms in total. The van der Waals surface area contributed by atoms with E-state index in [9.17, 15) is 9.59 Å². The topological polar surface area (TPSA) is 62.8 Å². The van der Waals surface area contributed by atoms with Crippen molar-refractivity contribution in [1.82, 2.24) is 10.2 Å². The van der Waals surface area contributed by atoms with Gasteiger partial charge < -0.3 is 4.79 Å². The monoisotopic (exact) mass is 204 g/mol. The first kappa shape index (κ1) is 11.1. The van der Waals surface area contributed by atoms with Crippen LogP contribution in [0.1, 0.15) is 13.8 Å². The Morgan fingerprint density at radius 2 is 1.87 bits per heavy atom. The molecule has 0 spiro atoms. The van der Waals surface area contributed by atoms with Crippen molar-refractivity contribution in [2.24, 2.45) is 0 Å². The summed E-state index contributed by atoms with van der Waals surface area (Å²) in [4.78, 5) is 20.5. The number of nitrogens with one attached hydrogen (secondary N) is 1. The number of Topliss-reactive ketones (excluding diaryl/α,β-unsaturated/α-hetero) is 1. The van der Waals surface area contributed by atoms with Gasteiger partial charge in [-0.05, 0) is 19.9 Å². The zero-order chi connectivity index (χ0) is 11.3. The van der Waals surface area contributed by atoms with Crippen molar-refractivity contribution in [2.75, 3.05) is 0 Å². The number of hydrogen-bond donors (Lipinski definition) is 1. The van der Waals surface area contributed by atoms with Crippen LogP contribution >= 0.6 is 0 Å². The van der Waals surface area contributed by atoms with Gasteiger partial charge in [-0.2, -0.15) is 5.10 Å². The minimum atomic E-state index is -0.136. The molecule has 15 heavy (non-hydrogen) atoms. The van der Waals surface area contributed by atoms with Gasteiger partial charge in [0.2, 0.25) is 0 Å². The van der Waals surface area contributed by atoms with E-state index < -0.39 is 0 Å². The number of benzene rings is 1. The highest BCUT2D eigenvalue weighted by Crippen LogP contribution is 2.04. The number of aromatic amines is 1. The SMILES string of the molecule is CC(C)=O.O=c1[nH]ncc2ccccc12. The Labute approximate surface area is 86.9 Å². The molecule has 0 saturated heterocycles. The van der Waals surface area contributed by atoms with Gasteiger partial charge in [-0.25, -0.2) is 5.10 Å². The van der Waals surface area contributed by atoms with Crippen molar-refractivity contribution >= 4 is 16.6 Å². The van der Waals surface area contributed by atoms with Gasteiger partial charge in [-0.15, -0.1) is 0 Å². The second-order valence-electron chi connectivity index (χ2n) is 3.19. The predicted molar refractivity (Wildman–Crippen MR) is 58.7 cm³/mol. The summed E-state index contributed by atoms with van der Waals surface area (Å²) in [6.07, 6.45) is 1.64. The highest BCUT2D eigenvalue weighted by molar-refractivity contribution is 5.80. The molecular weight excluding hydrogens is 192 g/mol. The highest BCUT2D eigenvalue weighted by atomic mass is 16.1. The van der Waals surface area contributed by atoms with Crippen LogP contribution in [0, 0.1) is 0 Å². The molecule has 0 atom stereocenters. The minimum Gasteiger partial charge on any atom is -0.300 e. The lowest BCUT2D eigenvalue weighted by Gasteiger charge is -1.91. The van der Waals surface area contributed by atoms with Crippen LogP contribution in [-0.4, -0.2) is 16.0 Å². The Hall–Kier alpha value is -1.97. The van der Waals surface area contributed by atoms with Crippen molar-refractivity contribution in [3.63, 3.8) is 0 Å². The molecule has 0 fully saturated rings. The van der Waals surface area contributed by atoms with Crippen LogP contribution in [0.4, 0.5) is 0 Å². The summed E-state index contributed by atoms with van der Waals surface area (Å²) >= 11 is 0. The molecule has 0 amide bonds. The van der Waals surface area contributed by atoms with Gasteiger partial charge in [-0.3, -0.25) is 4.79 Å². The van der Waals surface area contributed by atoms with Gasteiger partial charge in [0.15, 0.2) is 0 Å². The van der Waals surface area contributed by atoms with E-state index in [1.165, 1.54) is 13.8 Å². The molecular formula is C11H12N2O2. The first-order chi connectivity index (χ1) is 7.11. The Morgan fingerprint density at radius 1 is 1.27 bits per heavy atom. The molecule has 0 aliphatic heterocycles. The van der Waals surface area contributed by atoms with E-state index in [2.05, 4.69) is 10.2 Å². The largest absolute Gasteiger partial charge is 0.300 e. The Morgan fingerprint density at radius 3 is 2.47 bits per heavy atom. The number of carbonyl (C=O) groups excluding carboxylic acids is 1. The molecule has 1 aromatic carbocycles. The number of carbonyl (C=O) groups is 1. The third-order valence-corrected chi connectivity index (χ3v) is 1.58. The average molecular weight is 204 g/mol. The molecule has 2 aromatic rings. The Kier molecular flexibility index (Phi) is 3.74. The first-order valence-corrected chi connectivity index (χ1v) is 4.51. The number of aromatic nitrogens is 2. The Bertz CT molecular complexity index is 508. The molecule has 0 saturated carbocycles. The lowest BCUT2D eigenvalue weighted by Crippen LogP contribution is -2.06. The second-order valence-corrected chi connectivity index (χ2v) is 3.19. The fraction of sp³-hybridized carbons (Fsp3) is 0.182. The lowest BCUT2D eigenvalue weighted by molar-refractivity contribution is -0.114. The summed E-state index contributed by atoms with van der Waals surface area (Å²) in [6, 6.07) is 7.34. The Balaban J connectivity index is 0.000000245. The zero-order valence-electron chi connectivity index (χ0n) is 8.65. The minimum absolute atomic E-state index is 0.136. The fourth-order valence-electron chi connectivity index (χ4n) is 1.04. The van der Waals surface area contributed by atoms with E-state index in [4.69, 9.17) is 0 Å². The number of fused-ring (bicyclic) bond motifs is 1. The molecule has 1 heterocycles. The van der Waals surface area contributed by atoms with E-state index in [1.807, 2.05) is 18.2 Å². The maximum absolute atomic E-state index is 11.1. The van der Waals surface area contributed by atoms with Gasteiger partial charge in [0.1, 0.15) is 5.78 Å². The fourth-order valence-corrected chi connectivity index (χ4v) is 1.04. The summed E-state index contributed by atoms with van der Waals surface area (Å²) in [5, 5.41) is 7.60. The van der Waals surface area contributed by atoms with Crippen LogP contribution in [-0.2, 0) is 4.79 Å². The summed E-state index contributed by atoms with van der Waals surface area (Å²) in [6.45, 7) is 3.06. The summed E-state index contributed by atoms with van der Waals surface area (Å²) < 4.78 is 0. The average Bonchev–Trinajstić information content (AvgIpc) is 2.18. The van der Waals surface area contributed by atoms with Crippen LogP contribution in [0.3, 0.4) is 0 Å². The van der Waals surface area contributed by atoms with Crippen LogP contribution < -0.4 is 5.56 Å². The van der Waals surface area contributed by atoms with Gasteiger partial charge in [0.25, 0.3) is 5.56 Å². The van der Waals surface area contributed by atoms with Crippen LogP contribution in [0.15, 0.2) is 35.3 Å². The summed E-state index contributed by atoms with van der Waals surface area (Å²) in [5.74, 6) is 0.167. The molecule has 0 aliphatic rings. The quantitative estimate of drug-likeness (QED) is 0.707. The number of rotatable bonds is 0. The van der Waals surface area contributed by atoms with E-state index in [0.717, 1.165) is 5.39 Å². The smallest absolute Gasteiger partial charge is 0.272 e. The lowest BCUT2D eigenvalue weighted by atomic mass is 10.2. The van der Waals surface area contributed by atoms with Crippen molar-refractivity contribution < 1.29 is 4.79 Å². The predicted octanol–water partition coefficient (Wildman–Crippen LogP) is 1.52. The zero-order valence-corrected chi connectivity index (χ0v) is 8.65. The van der Waals surface area contributed by atoms with Crippen LogP contribution in [0.25, 0.3) is 10.8 Å². The van der Waals surface area contributed by atoms with Gasteiger partial charge >= 0.3 is 0 Å². The maximum atomic E-state index is 11.1. The van der Waals surface area contributed by atoms with Gasteiger partial charge in [-0.1, -0.05) is 18.2 Å². The molecule has 1 aromatic heterocycles. The molecule has 0 unspecified atom stereocenters. The molecule has 0 radical (unpaired) electrons. The van der Waals surface area contributed by atoms with E-state index >= 15 is 0 Å². The van der Waals surface area contributed by atoms with E-state index in [0.29, 0.717) is 5.39 Å². The third-order valence-electron chi connectivity index (χ3n) is 1.58. The highest BCUT2D eigenvalue weighted by Gasteiger charge is 1.93. The molecule has 1 N–H and O–H groups in total. The molecule has 0 bridgehead atoms. The van der Waals surface area contributed by atoms with Crippen molar-refractivity contribution in [1.29, 1.82) is 0 Å².